The molecule has 0 aliphatic carbocycles. The van der Waals surface area contributed by atoms with E-state index in [1.165, 1.54) is 35.2 Å². The summed E-state index contributed by atoms with van der Waals surface area (Å²) in [5, 5.41) is 13.5. The molecule has 0 bridgehead atoms. The van der Waals surface area contributed by atoms with Gasteiger partial charge in [-0.05, 0) is 36.6 Å². The summed E-state index contributed by atoms with van der Waals surface area (Å²) in [6.45, 7) is 1.73. The van der Waals surface area contributed by atoms with Crippen LogP contribution in [0, 0.1) is 17.1 Å². The fourth-order valence-corrected chi connectivity index (χ4v) is 3.41. The van der Waals surface area contributed by atoms with Crippen molar-refractivity contribution in [1.29, 1.82) is 5.26 Å². The lowest BCUT2D eigenvalue weighted by Gasteiger charge is -2.11. The highest BCUT2D eigenvalue weighted by Gasteiger charge is 2.17. The second kappa shape index (κ2) is 6.94. The molecule has 0 unspecified atom stereocenters. The Morgan fingerprint density at radius 3 is 2.95 bits per heavy atom. The molecule has 0 spiro atoms. The number of hydrogen-bond acceptors (Lipinski definition) is 4. The minimum Gasteiger partial charge on any atom is -0.316 e. The van der Waals surface area contributed by atoms with E-state index < -0.39 is 11.1 Å². The van der Waals surface area contributed by atoms with Crippen LogP contribution < -0.4 is 5.32 Å². The van der Waals surface area contributed by atoms with Crippen molar-refractivity contribution < 1.29 is 9.18 Å². The predicted molar refractivity (Wildman–Crippen MR) is 84.4 cm³/mol. The summed E-state index contributed by atoms with van der Waals surface area (Å²) in [6, 6.07) is 7.98. The summed E-state index contributed by atoms with van der Waals surface area (Å²) in [6.07, 6.45) is 0. The predicted octanol–water partition coefficient (Wildman–Crippen LogP) is 4.53. The van der Waals surface area contributed by atoms with E-state index in [2.05, 4.69) is 5.32 Å². The van der Waals surface area contributed by atoms with Gasteiger partial charge >= 0.3 is 0 Å². The second-order valence-corrected chi connectivity index (χ2v) is 6.84. The number of halogens is 2. The van der Waals surface area contributed by atoms with Gasteiger partial charge in [0.15, 0.2) is 0 Å². The first-order chi connectivity index (χ1) is 10.0. The summed E-state index contributed by atoms with van der Waals surface area (Å²) < 4.78 is 13.1. The van der Waals surface area contributed by atoms with E-state index in [1.807, 2.05) is 6.07 Å². The van der Waals surface area contributed by atoms with Gasteiger partial charge < -0.3 is 5.32 Å². The molecule has 1 amide bonds. The molecule has 0 aliphatic heterocycles. The maximum atomic E-state index is 13.1. The van der Waals surface area contributed by atoms with Crippen LogP contribution in [0.3, 0.4) is 0 Å². The molecule has 2 aromatic rings. The average Bonchev–Trinajstić information content (AvgIpc) is 2.90. The number of nitrogens with one attached hydrogen (secondary N) is 1. The Balaban J connectivity index is 2.03. The number of hydrogen-bond donors (Lipinski definition) is 1. The van der Waals surface area contributed by atoms with Gasteiger partial charge in [0.05, 0.1) is 15.8 Å². The SMILES string of the molecule is C[C@@H](Sc1ccc(F)c(Cl)c1)C(=O)Nc1sccc1C#N. The van der Waals surface area contributed by atoms with Crippen molar-refractivity contribution in [2.24, 2.45) is 0 Å². The lowest BCUT2D eigenvalue weighted by Crippen LogP contribution is -2.22. The molecule has 1 atom stereocenters. The largest absolute Gasteiger partial charge is 0.316 e. The molecule has 7 heteroatoms. The Morgan fingerprint density at radius 1 is 1.52 bits per heavy atom. The quantitative estimate of drug-likeness (QED) is 0.832. The molecule has 0 fully saturated rings. The standard InChI is InChI=1S/C14H10ClFN2OS2/c1-8(21-10-2-3-12(16)11(15)6-10)13(19)18-14-9(7-17)4-5-20-14/h2-6,8H,1H3,(H,18,19)/t8-/m1/s1. The molecule has 0 aliphatic rings. The molecule has 3 nitrogen and oxygen atoms in total. The van der Waals surface area contributed by atoms with E-state index in [4.69, 9.17) is 16.9 Å². The van der Waals surface area contributed by atoms with Crippen molar-refractivity contribution in [3.63, 3.8) is 0 Å². The van der Waals surface area contributed by atoms with Gasteiger partial charge in [-0.2, -0.15) is 5.26 Å². The number of benzene rings is 1. The van der Waals surface area contributed by atoms with Crippen LogP contribution in [0.25, 0.3) is 0 Å². The number of carbonyl (C=O) groups is 1. The Kier molecular flexibility index (Phi) is 5.23. The first-order valence-corrected chi connectivity index (χ1v) is 8.05. The number of carbonyl (C=O) groups excluding carboxylic acids is 1. The third kappa shape index (κ3) is 3.97. The molecule has 1 N–H and O–H groups in total. The molecular formula is C14H10ClFN2OS2. The van der Waals surface area contributed by atoms with Gasteiger partial charge in [0.1, 0.15) is 16.9 Å². The highest BCUT2D eigenvalue weighted by atomic mass is 35.5. The first kappa shape index (κ1) is 15.8. The number of rotatable bonds is 4. The molecule has 1 aromatic carbocycles. The van der Waals surface area contributed by atoms with Gasteiger partial charge in [-0.3, -0.25) is 4.79 Å². The monoisotopic (exact) mass is 340 g/mol. The minimum atomic E-state index is -0.490. The van der Waals surface area contributed by atoms with Crippen LogP contribution in [0.5, 0.6) is 0 Å². The Morgan fingerprint density at radius 2 is 2.29 bits per heavy atom. The van der Waals surface area contributed by atoms with Gasteiger partial charge in [-0.1, -0.05) is 11.6 Å². The number of anilines is 1. The lowest BCUT2D eigenvalue weighted by atomic mass is 10.3. The smallest absolute Gasteiger partial charge is 0.238 e. The van der Waals surface area contributed by atoms with Crippen molar-refractivity contribution >= 4 is 45.6 Å². The first-order valence-electron chi connectivity index (χ1n) is 5.91. The summed E-state index contributed by atoms with van der Waals surface area (Å²) >= 11 is 8.27. The van der Waals surface area contributed by atoms with Crippen molar-refractivity contribution in [1.82, 2.24) is 0 Å². The Bertz CT molecular complexity index is 711. The van der Waals surface area contributed by atoms with Gasteiger partial charge in [-0.15, -0.1) is 23.1 Å². The van der Waals surface area contributed by atoms with Gasteiger partial charge in [0, 0.05) is 4.90 Å². The second-order valence-electron chi connectivity index (χ2n) is 4.10. The fourth-order valence-electron chi connectivity index (χ4n) is 1.52. The molecule has 21 heavy (non-hydrogen) atoms. The molecule has 1 heterocycles. The highest BCUT2D eigenvalue weighted by molar-refractivity contribution is 8.00. The third-order valence-corrected chi connectivity index (χ3v) is 4.81. The summed E-state index contributed by atoms with van der Waals surface area (Å²) in [5.41, 5.74) is 0.440. The van der Waals surface area contributed by atoms with E-state index in [9.17, 15) is 9.18 Å². The number of nitriles is 1. The van der Waals surface area contributed by atoms with Crippen molar-refractivity contribution in [2.75, 3.05) is 5.32 Å². The van der Waals surface area contributed by atoms with Crippen LogP contribution in [0.15, 0.2) is 34.5 Å². The van der Waals surface area contributed by atoms with E-state index in [1.54, 1.807) is 24.4 Å². The summed E-state index contributed by atoms with van der Waals surface area (Å²) in [4.78, 5) is 12.8. The zero-order valence-corrected chi connectivity index (χ0v) is 13.3. The number of thiophene rings is 1. The van der Waals surface area contributed by atoms with E-state index >= 15 is 0 Å². The molecule has 2 rings (SSSR count). The molecule has 0 radical (unpaired) electrons. The van der Waals surface area contributed by atoms with E-state index in [0.717, 1.165) is 0 Å². The molecule has 108 valence electrons. The van der Waals surface area contributed by atoms with E-state index in [-0.39, 0.29) is 10.9 Å². The Labute approximate surface area is 134 Å². The highest BCUT2D eigenvalue weighted by Crippen LogP contribution is 2.29. The summed E-state index contributed by atoms with van der Waals surface area (Å²) in [5.74, 6) is -0.713. The van der Waals surface area contributed by atoms with Gasteiger partial charge in [0.2, 0.25) is 5.91 Å². The van der Waals surface area contributed by atoms with E-state index in [0.29, 0.717) is 15.5 Å². The number of thioether (sulfide) groups is 1. The molecule has 0 saturated carbocycles. The molecule has 0 saturated heterocycles. The molecule has 1 aromatic heterocycles. The molecular weight excluding hydrogens is 331 g/mol. The minimum absolute atomic E-state index is 0.0256. The average molecular weight is 341 g/mol. The fraction of sp³-hybridized carbons (Fsp3) is 0.143. The van der Waals surface area contributed by atoms with Crippen molar-refractivity contribution in [3.05, 3.63) is 46.0 Å². The zero-order chi connectivity index (χ0) is 15.4. The van der Waals surface area contributed by atoms with Crippen LogP contribution in [0.1, 0.15) is 12.5 Å². The van der Waals surface area contributed by atoms with Crippen molar-refractivity contribution in [2.45, 2.75) is 17.1 Å². The summed E-state index contributed by atoms with van der Waals surface area (Å²) in [7, 11) is 0. The normalized spacial score (nSPS) is 11.7. The zero-order valence-electron chi connectivity index (χ0n) is 10.9. The maximum Gasteiger partial charge on any atom is 0.238 e. The number of amides is 1. The third-order valence-electron chi connectivity index (χ3n) is 2.60. The topological polar surface area (TPSA) is 52.9 Å². The maximum absolute atomic E-state index is 13.1. The van der Waals surface area contributed by atoms with Crippen molar-refractivity contribution in [3.8, 4) is 6.07 Å². The lowest BCUT2D eigenvalue weighted by molar-refractivity contribution is -0.115. The van der Waals surface area contributed by atoms with Gasteiger partial charge in [0.25, 0.3) is 0 Å². The number of nitrogens with zero attached hydrogens (tertiary/aromatic N) is 1. The van der Waals surface area contributed by atoms with Crippen LogP contribution >= 0.6 is 34.7 Å². The van der Waals surface area contributed by atoms with Crippen LogP contribution in [-0.4, -0.2) is 11.2 Å². The Hall–Kier alpha value is -1.55. The van der Waals surface area contributed by atoms with Crippen LogP contribution in [-0.2, 0) is 4.79 Å². The van der Waals surface area contributed by atoms with Crippen LogP contribution in [0.2, 0.25) is 5.02 Å². The van der Waals surface area contributed by atoms with Gasteiger partial charge in [-0.25, -0.2) is 4.39 Å². The van der Waals surface area contributed by atoms with Crippen LogP contribution in [0.4, 0.5) is 9.39 Å².